The third-order valence-electron chi connectivity index (χ3n) is 7.11. The Labute approximate surface area is 166 Å². The molecule has 0 unspecified atom stereocenters. The number of hydrogen-bond acceptors (Lipinski definition) is 6. The van der Waals surface area contributed by atoms with Crippen molar-refractivity contribution >= 4 is 15.8 Å². The number of carbonyl (C=O) groups is 1. The highest BCUT2D eigenvalue weighted by Gasteiger charge is 2.60. The van der Waals surface area contributed by atoms with E-state index in [0.29, 0.717) is 26.1 Å². The van der Waals surface area contributed by atoms with Gasteiger partial charge in [-0.2, -0.15) is 9.42 Å². The molecule has 0 radical (unpaired) electrons. The molecule has 8 heteroatoms. The molecular formula is C20H28N4O3S. The highest BCUT2D eigenvalue weighted by molar-refractivity contribution is 7.89. The fraction of sp³-hybridized carbons (Fsp3) is 0.750. The molecule has 0 aromatic rings. The smallest absolute Gasteiger partial charge is 0.217 e. The van der Waals surface area contributed by atoms with Crippen LogP contribution in [0.4, 0.5) is 0 Å². The van der Waals surface area contributed by atoms with E-state index in [1.807, 2.05) is 0 Å². The van der Waals surface area contributed by atoms with E-state index in [1.54, 1.807) is 4.31 Å². The second-order valence-corrected chi connectivity index (χ2v) is 12.0. The van der Waals surface area contributed by atoms with Gasteiger partial charge in [-0.25, -0.2) is 8.42 Å². The molecule has 3 aliphatic heterocycles. The van der Waals surface area contributed by atoms with E-state index in [2.05, 4.69) is 29.4 Å². The van der Waals surface area contributed by atoms with Crippen molar-refractivity contribution in [2.24, 2.45) is 21.1 Å². The first kappa shape index (κ1) is 18.5. The number of ketones is 1. The van der Waals surface area contributed by atoms with Gasteiger partial charge >= 0.3 is 0 Å². The fourth-order valence-electron chi connectivity index (χ4n) is 5.73. The highest BCUT2D eigenvalue weighted by atomic mass is 32.2. The molecule has 28 heavy (non-hydrogen) atoms. The quantitative estimate of drug-likeness (QED) is 0.766. The van der Waals surface area contributed by atoms with Gasteiger partial charge in [0.05, 0.1) is 17.2 Å². The number of nitrogens with one attached hydrogen (secondary N) is 1. The molecule has 0 amide bonds. The summed E-state index contributed by atoms with van der Waals surface area (Å²) in [6, 6.07) is 0. The van der Waals surface area contributed by atoms with Crippen molar-refractivity contribution in [3.8, 4) is 0 Å². The normalized spacial score (nSPS) is 29.6. The van der Waals surface area contributed by atoms with Gasteiger partial charge in [0.2, 0.25) is 10.0 Å². The summed E-state index contributed by atoms with van der Waals surface area (Å²) in [5, 5.41) is 11.5. The van der Waals surface area contributed by atoms with Crippen molar-refractivity contribution in [2.75, 3.05) is 19.6 Å². The zero-order valence-corrected chi connectivity index (χ0v) is 17.4. The van der Waals surface area contributed by atoms with Crippen molar-refractivity contribution in [3.63, 3.8) is 0 Å². The SMILES string of the molecule is CC1(C)CC(=O)C2=C(C1)NC1=C(CN=N1)C21CN(S(=O)(=O)C2CCCCC2)C1. The third-order valence-corrected chi connectivity index (χ3v) is 9.40. The number of azo groups is 1. The molecule has 0 bridgehead atoms. The maximum absolute atomic E-state index is 13.2. The first-order valence-electron chi connectivity index (χ1n) is 10.4. The second-order valence-electron chi connectivity index (χ2n) is 9.80. The Bertz CT molecular complexity index is 932. The molecular weight excluding hydrogens is 376 g/mol. The average Bonchev–Trinajstić information content (AvgIpc) is 3.06. The first-order chi connectivity index (χ1) is 13.2. The van der Waals surface area contributed by atoms with Crippen LogP contribution in [0.3, 0.4) is 0 Å². The third kappa shape index (κ3) is 2.56. The van der Waals surface area contributed by atoms with Gasteiger partial charge in [-0.1, -0.05) is 33.1 Å². The number of hydrogen-bond donors (Lipinski definition) is 1. The van der Waals surface area contributed by atoms with Crippen molar-refractivity contribution in [1.29, 1.82) is 0 Å². The Morgan fingerprint density at radius 3 is 2.54 bits per heavy atom. The lowest BCUT2D eigenvalue weighted by molar-refractivity contribution is -0.120. The number of allylic oxidation sites excluding steroid dienone is 1. The second kappa shape index (κ2) is 5.98. The molecule has 152 valence electrons. The molecule has 2 aliphatic carbocycles. The van der Waals surface area contributed by atoms with Crippen molar-refractivity contribution in [1.82, 2.24) is 9.62 Å². The zero-order chi connectivity index (χ0) is 19.7. The van der Waals surface area contributed by atoms with Gasteiger partial charge in [0, 0.05) is 36.4 Å². The molecule has 1 saturated carbocycles. The van der Waals surface area contributed by atoms with Gasteiger partial charge in [-0.15, -0.1) is 5.11 Å². The summed E-state index contributed by atoms with van der Waals surface area (Å²) in [6.45, 7) is 5.38. The molecule has 1 saturated heterocycles. The summed E-state index contributed by atoms with van der Waals surface area (Å²) in [5.74, 6) is 0.880. The van der Waals surface area contributed by atoms with Crippen molar-refractivity contribution in [2.45, 2.75) is 64.0 Å². The predicted molar refractivity (Wildman–Crippen MR) is 105 cm³/mol. The van der Waals surface area contributed by atoms with E-state index in [9.17, 15) is 13.2 Å². The molecule has 1 spiro atoms. The summed E-state index contributed by atoms with van der Waals surface area (Å²) in [7, 11) is -3.31. The predicted octanol–water partition coefficient (Wildman–Crippen LogP) is 2.87. The Morgan fingerprint density at radius 2 is 1.82 bits per heavy atom. The van der Waals surface area contributed by atoms with E-state index in [-0.39, 0.29) is 16.4 Å². The molecule has 5 aliphatic rings. The van der Waals surface area contributed by atoms with Gasteiger partial charge < -0.3 is 5.32 Å². The van der Waals surface area contributed by atoms with Crippen LogP contribution in [-0.2, 0) is 14.8 Å². The molecule has 0 aromatic carbocycles. The maximum Gasteiger partial charge on any atom is 0.217 e. The van der Waals surface area contributed by atoms with E-state index >= 15 is 0 Å². The van der Waals surface area contributed by atoms with Crippen molar-refractivity contribution in [3.05, 3.63) is 22.7 Å². The van der Waals surface area contributed by atoms with Crippen LogP contribution in [0.1, 0.15) is 58.8 Å². The Balaban J connectivity index is 1.49. The summed E-state index contributed by atoms with van der Waals surface area (Å²) in [6.07, 6.45) is 5.89. The van der Waals surface area contributed by atoms with Gasteiger partial charge in [-0.05, 0) is 24.7 Å². The standard InChI is InChI=1S/C20H28N4O3S/c1-19(2)8-15-17(16(25)9-19)20(14-10-21-23-18(14)22-15)11-24(12-20)28(26,27)13-6-4-3-5-7-13/h13,22H,3-12H2,1-2H3. The van der Waals surface area contributed by atoms with E-state index in [4.69, 9.17) is 0 Å². The average molecular weight is 405 g/mol. The molecule has 0 atom stereocenters. The van der Waals surface area contributed by atoms with Crippen molar-refractivity contribution < 1.29 is 13.2 Å². The highest BCUT2D eigenvalue weighted by Crippen LogP contribution is 2.55. The number of nitrogens with zero attached hydrogens (tertiary/aromatic N) is 3. The van der Waals surface area contributed by atoms with E-state index < -0.39 is 15.4 Å². The minimum absolute atomic E-state index is 0.102. The van der Waals surface area contributed by atoms with Crippen LogP contribution in [0.25, 0.3) is 0 Å². The van der Waals surface area contributed by atoms with Crippen LogP contribution in [0, 0.1) is 10.8 Å². The number of fused-ring (bicyclic) bond motifs is 2. The monoisotopic (exact) mass is 404 g/mol. The number of Topliss-reactive ketones (excluding diaryl/α,β-unsaturated/α-hetero) is 1. The topological polar surface area (TPSA) is 91.2 Å². The fourth-order valence-corrected chi connectivity index (χ4v) is 7.88. The Hall–Kier alpha value is -1.54. The lowest BCUT2D eigenvalue weighted by Gasteiger charge is -2.55. The molecule has 3 heterocycles. The lowest BCUT2D eigenvalue weighted by atomic mass is 9.60. The summed E-state index contributed by atoms with van der Waals surface area (Å²) < 4.78 is 28.0. The number of carbonyl (C=O) groups excluding carboxylic acids is 1. The Kier molecular flexibility index (Phi) is 3.95. The molecule has 0 aromatic heterocycles. The number of rotatable bonds is 2. The largest absolute Gasteiger partial charge is 0.342 e. The molecule has 5 rings (SSSR count). The van der Waals surface area contributed by atoms with Gasteiger partial charge in [0.25, 0.3) is 0 Å². The first-order valence-corrected chi connectivity index (χ1v) is 11.9. The van der Waals surface area contributed by atoms with E-state index in [1.165, 1.54) is 0 Å². The number of dihydropyridines is 1. The molecule has 1 N–H and O–H groups in total. The number of sulfonamides is 1. The summed E-state index contributed by atoms with van der Waals surface area (Å²) in [4.78, 5) is 13.1. The van der Waals surface area contributed by atoms with Gasteiger partial charge in [-0.3, -0.25) is 4.79 Å². The minimum atomic E-state index is -3.31. The summed E-state index contributed by atoms with van der Waals surface area (Å²) in [5.41, 5.74) is 2.09. The van der Waals surface area contributed by atoms with Gasteiger partial charge in [0.15, 0.2) is 11.6 Å². The van der Waals surface area contributed by atoms with Crippen LogP contribution in [0.15, 0.2) is 32.9 Å². The van der Waals surface area contributed by atoms with Crippen LogP contribution in [0.2, 0.25) is 0 Å². The minimum Gasteiger partial charge on any atom is -0.342 e. The Morgan fingerprint density at radius 1 is 1.11 bits per heavy atom. The van der Waals surface area contributed by atoms with Crippen LogP contribution < -0.4 is 5.32 Å². The molecule has 7 nitrogen and oxygen atoms in total. The molecule has 2 fully saturated rings. The van der Waals surface area contributed by atoms with Crippen LogP contribution >= 0.6 is 0 Å². The van der Waals surface area contributed by atoms with Crippen LogP contribution in [-0.4, -0.2) is 43.4 Å². The lowest BCUT2D eigenvalue weighted by Crippen LogP contribution is -2.65. The zero-order valence-electron chi connectivity index (χ0n) is 16.6. The van der Waals surface area contributed by atoms with Crippen LogP contribution in [0.5, 0.6) is 0 Å². The summed E-state index contributed by atoms with van der Waals surface area (Å²) >= 11 is 0. The maximum atomic E-state index is 13.2. The van der Waals surface area contributed by atoms with E-state index in [0.717, 1.165) is 61.2 Å². The van der Waals surface area contributed by atoms with Gasteiger partial charge in [0.1, 0.15) is 0 Å².